The first-order chi connectivity index (χ1) is 8.58. The monoisotopic (exact) mass is 251 g/mol. The van der Waals surface area contributed by atoms with Crippen molar-refractivity contribution in [2.45, 2.75) is 26.1 Å². The Morgan fingerprint density at radius 1 is 1.33 bits per heavy atom. The molecule has 1 unspecified atom stereocenters. The van der Waals surface area contributed by atoms with E-state index >= 15 is 0 Å². The van der Waals surface area contributed by atoms with Gasteiger partial charge in [0, 0.05) is 12.4 Å². The number of hydrogen-bond acceptors (Lipinski definition) is 5. The van der Waals surface area contributed by atoms with E-state index < -0.39 is 11.0 Å². The van der Waals surface area contributed by atoms with E-state index in [2.05, 4.69) is 9.97 Å². The highest BCUT2D eigenvalue weighted by molar-refractivity contribution is 5.06. The Morgan fingerprint density at radius 2 is 1.94 bits per heavy atom. The minimum atomic E-state index is -0.745. The van der Waals surface area contributed by atoms with Gasteiger partial charge in [0.1, 0.15) is 24.3 Å². The third-order valence-electron chi connectivity index (χ3n) is 2.60. The molecule has 96 valence electrons. The number of imidazole rings is 2. The van der Waals surface area contributed by atoms with Crippen LogP contribution in [0.1, 0.15) is 5.82 Å². The van der Waals surface area contributed by atoms with Crippen molar-refractivity contribution in [3.63, 3.8) is 0 Å². The van der Waals surface area contributed by atoms with Gasteiger partial charge in [0.2, 0.25) is 0 Å². The summed E-state index contributed by atoms with van der Waals surface area (Å²) < 4.78 is 3.10. The van der Waals surface area contributed by atoms with E-state index in [1.54, 1.807) is 17.0 Å². The van der Waals surface area contributed by atoms with Gasteiger partial charge in [0.25, 0.3) is 0 Å². The molecule has 0 bridgehead atoms. The molecule has 0 amide bonds. The van der Waals surface area contributed by atoms with Crippen LogP contribution in [0, 0.1) is 17.0 Å². The molecule has 2 rings (SSSR count). The summed E-state index contributed by atoms with van der Waals surface area (Å²) in [5, 5.41) is 20.6. The second kappa shape index (κ2) is 4.96. The average Bonchev–Trinajstić information content (AvgIpc) is 2.89. The van der Waals surface area contributed by atoms with Crippen LogP contribution in [-0.4, -0.2) is 35.2 Å². The highest BCUT2D eigenvalue weighted by Crippen LogP contribution is 2.09. The molecule has 2 heterocycles. The molecule has 0 saturated heterocycles. The van der Waals surface area contributed by atoms with Gasteiger partial charge in [-0.2, -0.15) is 0 Å². The van der Waals surface area contributed by atoms with E-state index in [-0.39, 0.29) is 12.5 Å². The molecule has 0 aliphatic carbocycles. The van der Waals surface area contributed by atoms with Gasteiger partial charge in [-0.1, -0.05) is 4.98 Å². The molecule has 0 saturated carbocycles. The van der Waals surface area contributed by atoms with Crippen LogP contribution < -0.4 is 0 Å². The predicted octanol–water partition coefficient (Wildman–Crippen LogP) is 0.357. The maximum absolute atomic E-state index is 10.7. The Hall–Kier alpha value is -2.22. The van der Waals surface area contributed by atoms with E-state index in [4.69, 9.17) is 0 Å². The van der Waals surface area contributed by atoms with Crippen LogP contribution in [-0.2, 0) is 13.1 Å². The second-order valence-corrected chi connectivity index (χ2v) is 3.92. The average molecular weight is 251 g/mol. The smallest absolute Gasteiger partial charge is 0.390 e. The molecule has 0 radical (unpaired) electrons. The van der Waals surface area contributed by atoms with Crippen molar-refractivity contribution >= 4 is 5.95 Å². The zero-order valence-electron chi connectivity index (χ0n) is 9.80. The zero-order chi connectivity index (χ0) is 13.1. The van der Waals surface area contributed by atoms with Crippen LogP contribution in [0.3, 0.4) is 0 Å². The van der Waals surface area contributed by atoms with Crippen molar-refractivity contribution in [3.8, 4) is 0 Å². The van der Waals surface area contributed by atoms with Gasteiger partial charge >= 0.3 is 5.95 Å². The third kappa shape index (κ3) is 2.54. The molecular weight excluding hydrogens is 238 g/mol. The molecule has 8 nitrogen and oxygen atoms in total. The lowest BCUT2D eigenvalue weighted by molar-refractivity contribution is -0.397. The van der Waals surface area contributed by atoms with Crippen molar-refractivity contribution in [2.75, 3.05) is 0 Å². The molecule has 1 atom stereocenters. The highest BCUT2D eigenvalue weighted by atomic mass is 16.6. The molecule has 8 heteroatoms. The number of aliphatic hydroxyl groups is 1. The second-order valence-electron chi connectivity index (χ2n) is 3.92. The molecule has 0 aliphatic rings. The first-order valence-corrected chi connectivity index (χ1v) is 5.39. The van der Waals surface area contributed by atoms with Gasteiger partial charge in [-0.15, -0.1) is 0 Å². The lowest BCUT2D eigenvalue weighted by Gasteiger charge is -2.11. The summed E-state index contributed by atoms with van der Waals surface area (Å²) in [7, 11) is 0. The Kier molecular flexibility index (Phi) is 3.38. The molecule has 0 aliphatic heterocycles. The van der Waals surface area contributed by atoms with E-state index in [1.165, 1.54) is 17.0 Å². The normalized spacial score (nSPS) is 12.6. The Bertz CT molecular complexity index is 547. The number of aliphatic hydroxyl groups excluding tert-OH is 1. The van der Waals surface area contributed by atoms with E-state index in [1.807, 2.05) is 6.92 Å². The number of rotatable bonds is 5. The Balaban J connectivity index is 2.03. The first-order valence-electron chi connectivity index (χ1n) is 5.39. The molecule has 18 heavy (non-hydrogen) atoms. The molecule has 0 aromatic carbocycles. The Morgan fingerprint density at radius 3 is 2.56 bits per heavy atom. The van der Waals surface area contributed by atoms with Crippen molar-refractivity contribution < 1.29 is 10.0 Å². The van der Waals surface area contributed by atoms with Crippen LogP contribution in [0.4, 0.5) is 5.95 Å². The maximum Gasteiger partial charge on any atom is 0.434 e. The zero-order valence-corrected chi connectivity index (χ0v) is 9.80. The number of nitrogens with zero attached hydrogens (tertiary/aromatic N) is 5. The van der Waals surface area contributed by atoms with Crippen molar-refractivity contribution in [3.05, 3.63) is 40.7 Å². The largest absolute Gasteiger partial charge is 0.434 e. The van der Waals surface area contributed by atoms with Crippen molar-refractivity contribution in [2.24, 2.45) is 0 Å². The summed E-state index contributed by atoms with van der Waals surface area (Å²) in [6.45, 7) is 2.28. The molecule has 2 aromatic rings. The van der Waals surface area contributed by atoms with Gasteiger partial charge in [-0.3, -0.25) is 0 Å². The molecule has 0 spiro atoms. The topological polar surface area (TPSA) is 99.0 Å². The van der Waals surface area contributed by atoms with Crippen LogP contribution in [0.5, 0.6) is 0 Å². The van der Waals surface area contributed by atoms with Crippen LogP contribution in [0.25, 0.3) is 0 Å². The summed E-state index contributed by atoms with van der Waals surface area (Å²) in [5.74, 6) is 0.519. The number of hydrogen-bond donors (Lipinski definition) is 1. The quantitative estimate of drug-likeness (QED) is 0.611. The van der Waals surface area contributed by atoms with Crippen LogP contribution in [0.2, 0.25) is 0 Å². The molecule has 1 N–H and O–H groups in total. The minimum Gasteiger partial charge on any atom is -0.390 e. The fourth-order valence-electron chi connectivity index (χ4n) is 1.72. The van der Waals surface area contributed by atoms with E-state index in [9.17, 15) is 15.2 Å². The highest BCUT2D eigenvalue weighted by Gasteiger charge is 2.17. The maximum atomic E-state index is 10.7. The SMILES string of the molecule is Cc1nccn1CC(O)Cn1ccnc1[N+](=O)[O-]. The molecule has 2 aromatic heterocycles. The van der Waals surface area contributed by atoms with Gasteiger partial charge in [0.05, 0.1) is 13.1 Å². The fourth-order valence-corrected chi connectivity index (χ4v) is 1.72. The predicted molar refractivity (Wildman–Crippen MR) is 61.9 cm³/mol. The summed E-state index contributed by atoms with van der Waals surface area (Å²) in [6, 6.07) is 0. The van der Waals surface area contributed by atoms with E-state index in [0.29, 0.717) is 6.54 Å². The summed E-state index contributed by atoms with van der Waals surface area (Å²) >= 11 is 0. The van der Waals surface area contributed by atoms with Gasteiger partial charge in [0.15, 0.2) is 0 Å². The first kappa shape index (κ1) is 12.2. The van der Waals surface area contributed by atoms with Crippen LogP contribution in [0.15, 0.2) is 24.8 Å². The summed E-state index contributed by atoms with van der Waals surface area (Å²) in [4.78, 5) is 17.7. The standard InChI is InChI=1S/C10H13N5O3/c1-8-11-2-4-13(8)6-9(16)7-14-5-3-12-10(14)15(17)18/h2-5,9,16H,6-7H2,1H3. The lowest BCUT2D eigenvalue weighted by atomic mass is 10.3. The fraction of sp³-hybridized carbons (Fsp3) is 0.400. The number of aromatic nitrogens is 4. The van der Waals surface area contributed by atoms with Crippen LogP contribution >= 0.6 is 0 Å². The molecule has 0 fully saturated rings. The lowest BCUT2D eigenvalue weighted by Crippen LogP contribution is -2.22. The third-order valence-corrected chi connectivity index (χ3v) is 2.60. The van der Waals surface area contributed by atoms with Gasteiger partial charge < -0.3 is 19.8 Å². The van der Waals surface area contributed by atoms with Crippen molar-refractivity contribution in [1.29, 1.82) is 0 Å². The van der Waals surface area contributed by atoms with Gasteiger partial charge in [-0.05, 0) is 11.8 Å². The summed E-state index contributed by atoms with van der Waals surface area (Å²) in [5.41, 5.74) is 0. The summed E-state index contributed by atoms with van der Waals surface area (Å²) in [6.07, 6.45) is 5.46. The molecular formula is C10H13N5O3. The Labute approximate surface area is 103 Å². The number of nitro groups is 1. The van der Waals surface area contributed by atoms with E-state index in [0.717, 1.165) is 5.82 Å². The van der Waals surface area contributed by atoms with Crippen molar-refractivity contribution in [1.82, 2.24) is 19.1 Å². The minimum absolute atomic E-state index is 0.119. The van der Waals surface area contributed by atoms with Gasteiger partial charge in [-0.25, -0.2) is 9.55 Å². The number of aryl methyl sites for hydroxylation is 1.